The molecular formula is C14H21BrN2O4S. The molecule has 0 aliphatic carbocycles. The van der Waals surface area contributed by atoms with Gasteiger partial charge in [0.2, 0.25) is 15.9 Å². The molecule has 0 atom stereocenters. The third kappa shape index (κ3) is 6.43. The number of nitrogens with zero attached hydrogens (tertiary/aromatic N) is 1. The molecule has 1 N–H and O–H groups in total. The second-order valence-electron chi connectivity index (χ2n) is 4.91. The lowest BCUT2D eigenvalue weighted by Gasteiger charge is -2.19. The number of amides is 1. The van der Waals surface area contributed by atoms with Gasteiger partial charge in [-0.1, -0.05) is 15.9 Å². The lowest BCUT2D eigenvalue weighted by atomic mass is 10.2. The van der Waals surface area contributed by atoms with Gasteiger partial charge in [-0.3, -0.25) is 4.79 Å². The number of carbonyl (C=O) groups is 1. The van der Waals surface area contributed by atoms with Crippen molar-refractivity contribution in [2.75, 3.05) is 38.4 Å². The maximum atomic E-state index is 12.0. The topological polar surface area (TPSA) is 75.7 Å². The van der Waals surface area contributed by atoms with Crippen LogP contribution < -0.4 is 5.32 Å². The Kier molecular flexibility index (Phi) is 7.47. The lowest BCUT2D eigenvalue weighted by Crippen LogP contribution is -2.35. The Hall–Kier alpha value is -0.960. The van der Waals surface area contributed by atoms with Crippen LogP contribution in [0.4, 0.5) is 5.69 Å². The predicted octanol–water partition coefficient (Wildman–Crippen LogP) is 1.99. The zero-order valence-corrected chi connectivity index (χ0v) is 15.3. The van der Waals surface area contributed by atoms with Gasteiger partial charge in [0.1, 0.15) is 0 Å². The fourth-order valence-electron chi connectivity index (χ4n) is 1.84. The Morgan fingerprint density at radius 1 is 1.36 bits per heavy atom. The number of halogens is 1. The largest absolute Gasteiger partial charge is 0.383 e. The SMILES string of the molecule is COCCN(CCC(=O)Nc1ccc(Br)cc1C)S(C)(=O)=O. The minimum Gasteiger partial charge on any atom is -0.383 e. The summed E-state index contributed by atoms with van der Waals surface area (Å²) in [4.78, 5) is 12.0. The van der Waals surface area contributed by atoms with E-state index < -0.39 is 10.0 Å². The third-order valence-corrected chi connectivity index (χ3v) is 4.86. The molecule has 6 nitrogen and oxygen atoms in total. The fourth-order valence-corrected chi connectivity index (χ4v) is 3.15. The summed E-state index contributed by atoms with van der Waals surface area (Å²) in [5, 5.41) is 2.79. The standard InChI is InChI=1S/C14H21BrN2O4S/c1-11-10-12(15)4-5-13(11)16-14(18)6-7-17(8-9-21-2)22(3,19)20/h4-5,10H,6-9H2,1-3H3,(H,16,18). The number of anilines is 1. The summed E-state index contributed by atoms with van der Waals surface area (Å²) in [6.45, 7) is 2.55. The predicted molar refractivity (Wildman–Crippen MR) is 90.4 cm³/mol. The van der Waals surface area contributed by atoms with Crippen LogP contribution in [0.2, 0.25) is 0 Å². The number of hydrogen-bond donors (Lipinski definition) is 1. The number of ether oxygens (including phenoxy) is 1. The fraction of sp³-hybridized carbons (Fsp3) is 0.500. The van der Waals surface area contributed by atoms with Crippen molar-refractivity contribution in [1.29, 1.82) is 0 Å². The summed E-state index contributed by atoms with van der Waals surface area (Å²) in [6, 6.07) is 5.54. The number of rotatable bonds is 8. The second kappa shape index (κ2) is 8.61. The molecule has 0 aliphatic rings. The first-order chi connectivity index (χ1) is 10.2. The molecule has 1 aromatic rings. The summed E-state index contributed by atoms with van der Waals surface area (Å²) in [6.07, 6.45) is 1.21. The molecule has 0 bridgehead atoms. The smallest absolute Gasteiger partial charge is 0.225 e. The van der Waals surface area contributed by atoms with Gasteiger partial charge in [0, 0.05) is 36.8 Å². The zero-order valence-electron chi connectivity index (χ0n) is 12.9. The molecule has 22 heavy (non-hydrogen) atoms. The Balaban J connectivity index is 2.60. The Bertz CT molecular complexity index is 619. The zero-order chi connectivity index (χ0) is 16.8. The average molecular weight is 393 g/mol. The van der Waals surface area contributed by atoms with Gasteiger partial charge in [-0.2, -0.15) is 4.31 Å². The quantitative estimate of drug-likeness (QED) is 0.733. The Morgan fingerprint density at radius 3 is 2.59 bits per heavy atom. The average Bonchev–Trinajstić information content (AvgIpc) is 2.40. The van der Waals surface area contributed by atoms with Crippen LogP contribution in [0.3, 0.4) is 0 Å². The molecule has 1 aromatic carbocycles. The third-order valence-electron chi connectivity index (χ3n) is 3.06. The molecule has 0 radical (unpaired) electrons. The van der Waals surface area contributed by atoms with Crippen molar-refractivity contribution in [1.82, 2.24) is 4.31 Å². The lowest BCUT2D eigenvalue weighted by molar-refractivity contribution is -0.116. The van der Waals surface area contributed by atoms with Crippen molar-refractivity contribution in [3.63, 3.8) is 0 Å². The number of hydrogen-bond acceptors (Lipinski definition) is 4. The van der Waals surface area contributed by atoms with Crippen molar-refractivity contribution in [2.24, 2.45) is 0 Å². The molecule has 1 amide bonds. The van der Waals surface area contributed by atoms with Crippen LogP contribution in [0, 0.1) is 6.92 Å². The highest BCUT2D eigenvalue weighted by Crippen LogP contribution is 2.20. The number of benzene rings is 1. The van der Waals surface area contributed by atoms with Crippen LogP contribution in [-0.2, 0) is 19.6 Å². The molecule has 0 aliphatic heterocycles. The van der Waals surface area contributed by atoms with Crippen molar-refractivity contribution >= 4 is 37.5 Å². The molecule has 0 saturated carbocycles. The van der Waals surface area contributed by atoms with E-state index in [0.717, 1.165) is 22.0 Å². The number of aryl methyl sites for hydroxylation is 1. The van der Waals surface area contributed by atoms with Crippen LogP contribution in [0.5, 0.6) is 0 Å². The number of methoxy groups -OCH3 is 1. The molecule has 1 rings (SSSR count). The van der Waals surface area contributed by atoms with E-state index in [0.29, 0.717) is 6.61 Å². The van der Waals surface area contributed by atoms with E-state index in [9.17, 15) is 13.2 Å². The second-order valence-corrected chi connectivity index (χ2v) is 7.81. The first-order valence-corrected chi connectivity index (χ1v) is 9.38. The summed E-state index contributed by atoms with van der Waals surface area (Å²) in [7, 11) is -1.85. The summed E-state index contributed by atoms with van der Waals surface area (Å²) >= 11 is 3.36. The molecule has 124 valence electrons. The van der Waals surface area contributed by atoms with Crippen molar-refractivity contribution in [3.8, 4) is 0 Å². The maximum Gasteiger partial charge on any atom is 0.225 e. The highest BCUT2D eigenvalue weighted by atomic mass is 79.9. The number of nitrogens with one attached hydrogen (secondary N) is 1. The van der Waals surface area contributed by atoms with E-state index in [2.05, 4.69) is 21.2 Å². The maximum absolute atomic E-state index is 12.0. The minimum absolute atomic E-state index is 0.0896. The van der Waals surface area contributed by atoms with E-state index in [4.69, 9.17) is 4.74 Å². The highest BCUT2D eigenvalue weighted by Gasteiger charge is 2.17. The van der Waals surface area contributed by atoms with E-state index in [1.54, 1.807) is 6.07 Å². The molecule has 0 spiro atoms. The van der Waals surface area contributed by atoms with Crippen molar-refractivity contribution < 1.29 is 17.9 Å². The molecular weight excluding hydrogens is 372 g/mol. The summed E-state index contributed by atoms with van der Waals surface area (Å²) < 4.78 is 30.3. The van der Waals surface area contributed by atoms with Gasteiger partial charge < -0.3 is 10.1 Å². The van der Waals surface area contributed by atoms with Gasteiger partial charge in [-0.05, 0) is 30.7 Å². The van der Waals surface area contributed by atoms with Gasteiger partial charge in [0.05, 0.1) is 12.9 Å². The van der Waals surface area contributed by atoms with E-state index >= 15 is 0 Å². The first-order valence-electron chi connectivity index (χ1n) is 6.74. The van der Waals surface area contributed by atoms with Crippen LogP contribution in [0.15, 0.2) is 22.7 Å². The van der Waals surface area contributed by atoms with Crippen LogP contribution in [0.25, 0.3) is 0 Å². The van der Waals surface area contributed by atoms with Crippen molar-refractivity contribution in [3.05, 3.63) is 28.2 Å². The molecule has 0 heterocycles. The van der Waals surface area contributed by atoms with Gasteiger partial charge in [0.15, 0.2) is 0 Å². The minimum atomic E-state index is -3.35. The monoisotopic (exact) mass is 392 g/mol. The van der Waals surface area contributed by atoms with Crippen molar-refractivity contribution in [2.45, 2.75) is 13.3 Å². The Morgan fingerprint density at radius 2 is 2.05 bits per heavy atom. The van der Waals surface area contributed by atoms with Gasteiger partial charge in [0.25, 0.3) is 0 Å². The highest BCUT2D eigenvalue weighted by molar-refractivity contribution is 9.10. The molecule has 0 unspecified atom stereocenters. The van der Waals surface area contributed by atoms with Gasteiger partial charge in [-0.15, -0.1) is 0 Å². The molecule has 0 saturated heterocycles. The molecule has 8 heteroatoms. The van der Waals surface area contributed by atoms with Crippen LogP contribution in [0.1, 0.15) is 12.0 Å². The normalized spacial score (nSPS) is 11.7. The first kappa shape index (κ1) is 19.1. The van der Waals surface area contributed by atoms with Crippen LogP contribution in [-0.4, -0.2) is 51.7 Å². The number of carbonyl (C=O) groups excluding carboxylic acids is 1. The molecule has 0 fully saturated rings. The Labute approximate surface area is 140 Å². The molecule has 0 aromatic heterocycles. The summed E-state index contributed by atoms with van der Waals surface area (Å²) in [5.41, 5.74) is 1.65. The van der Waals surface area contributed by atoms with E-state index in [1.807, 2.05) is 19.1 Å². The van der Waals surface area contributed by atoms with E-state index in [-0.39, 0.29) is 25.4 Å². The van der Waals surface area contributed by atoms with Gasteiger partial charge in [-0.25, -0.2) is 8.42 Å². The summed E-state index contributed by atoms with van der Waals surface area (Å²) in [5.74, 6) is -0.225. The van der Waals surface area contributed by atoms with Gasteiger partial charge >= 0.3 is 0 Å². The number of sulfonamides is 1. The van der Waals surface area contributed by atoms with E-state index in [1.165, 1.54) is 11.4 Å². The van der Waals surface area contributed by atoms with Crippen LogP contribution >= 0.6 is 15.9 Å².